The topological polar surface area (TPSA) is 29.9 Å². The van der Waals surface area contributed by atoms with Gasteiger partial charge in [0.1, 0.15) is 0 Å². The van der Waals surface area contributed by atoms with Crippen molar-refractivity contribution in [3.8, 4) is 0 Å². The van der Waals surface area contributed by atoms with Crippen LogP contribution in [0.5, 0.6) is 0 Å². The van der Waals surface area contributed by atoms with E-state index in [4.69, 9.17) is 0 Å². The highest BCUT2D eigenvalue weighted by atomic mass is 15.2. The van der Waals surface area contributed by atoms with Gasteiger partial charge in [0, 0.05) is 13.2 Å². The number of aromatic nitrogens is 2. The molecule has 0 radical (unpaired) electrons. The first kappa shape index (κ1) is 11.2. The smallest absolute Gasteiger partial charge is 0.0521 e. The van der Waals surface area contributed by atoms with E-state index in [1.807, 2.05) is 17.9 Å². The lowest BCUT2D eigenvalue weighted by molar-refractivity contribution is 0.467. The summed E-state index contributed by atoms with van der Waals surface area (Å²) in [6.07, 6.45) is 6.43. The minimum Gasteiger partial charge on any atom is -0.317 e. The van der Waals surface area contributed by atoms with Crippen molar-refractivity contribution in [2.75, 3.05) is 13.1 Å². The van der Waals surface area contributed by atoms with Crippen LogP contribution in [-0.4, -0.2) is 22.9 Å². The largest absolute Gasteiger partial charge is 0.317 e. The van der Waals surface area contributed by atoms with E-state index in [9.17, 15) is 0 Å². The van der Waals surface area contributed by atoms with Crippen LogP contribution < -0.4 is 5.32 Å². The van der Waals surface area contributed by atoms with Crippen LogP contribution in [0.1, 0.15) is 25.8 Å². The molecule has 0 amide bonds. The highest BCUT2D eigenvalue weighted by Gasteiger charge is 2.07. The number of rotatable bonds is 6. The third kappa shape index (κ3) is 3.50. The zero-order chi connectivity index (χ0) is 10.4. The number of nitrogens with one attached hydrogen (secondary N) is 1. The van der Waals surface area contributed by atoms with Gasteiger partial charge in [0.15, 0.2) is 0 Å². The fourth-order valence-corrected chi connectivity index (χ4v) is 1.62. The molecule has 80 valence electrons. The fraction of sp³-hybridized carbons (Fsp3) is 0.727. The number of aryl methyl sites for hydroxylation is 1. The summed E-state index contributed by atoms with van der Waals surface area (Å²) in [5.41, 5.74) is 1.34. The average molecular weight is 195 g/mol. The van der Waals surface area contributed by atoms with Gasteiger partial charge in [0.05, 0.1) is 6.20 Å². The van der Waals surface area contributed by atoms with E-state index >= 15 is 0 Å². The van der Waals surface area contributed by atoms with Crippen LogP contribution >= 0.6 is 0 Å². The summed E-state index contributed by atoms with van der Waals surface area (Å²) in [4.78, 5) is 0. The van der Waals surface area contributed by atoms with Crippen LogP contribution in [0.25, 0.3) is 0 Å². The Morgan fingerprint density at radius 2 is 2.29 bits per heavy atom. The van der Waals surface area contributed by atoms with Crippen LogP contribution in [0.3, 0.4) is 0 Å². The lowest BCUT2D eigenvalue weighted by Crippen LogP contribution is -2.23. The molecule has 14 heavy (non-hydrogen) atoms. The van der Waals surface area contributed by atoms with Gasteiger partial charge < -0.3 is 5.32 Å². The van der Waals surface area contributed by atoms with Crippen molar-refractivity contribution in [2.24, 2.45) is 13.0 Å². The van der Waals surface area contributed by atoms with Crippen LogP contribution in [-0.2, 0) is 13.5 Å². The van der Waals surface area contributed by atoms with Crippen molar-refractivity contribution in [1.82, 2.24) is 15.1 Å². The highest BCUT2D eigenvalue weighted by Crippen LogP contribution is 2.10. The molecule has 1 atom stereocenters. The zero-order valence-corrected chi connectivity index (χ0v) is 9.45. The molecule has 1 unspecified atom stereocenters. The minimum absolute atomic E-state index is 0.735. The van der Waals surface area contributed by atoms with Gasteiger partial charge in [-0.25, -0.2) is 0 Å². The maximum absolute atomic E-state index is 4.18. The Morgan fingerprint density at radius 1 is 1.50 bits per heavy atom. The van der Waals surface area contributed by atoms with Crippen molar-refractivity contribution in [3.63, 3.8) is 0 Å². The van der Waals surface area contributed by atoms with Crippen LogP contribution in [0.2, 0.25) is 0 Å². The maximum Gasteiger partial charge on any atom is 0.0521 e. The molecule has 0 spiro atoms. The molecule has 3 heteroatoms. The zero-order valence-electron chi connectivity index (χ0n) is 9.45. The normalized spacial score (nSPS) is 13.1. The molecular weight excluding hydrogens is 174 g/mol. The van der Waals surface area contributed by atoms with E-state index in [1.165, 1.54) is 12.0 Å². The molecule has 0 aliphatic rings. The second kappa shape index (κ2) is 5.81. The first-order chi connectivity index (χ1) is 6.76. The Labute approximate surface area is 86.5 Å². The molecule has 1 N–H and O–H groups in total. The predicted molar refractivity (Wildman–Crippen MR) is 59.2 cm³/mol. The van der Waals surface area contributed by atoms with E-state index in [0.29, 0.717) is 0 Å². The van der Waals surface area contributed by atoms with E-state index in [1.54, 1.807) is 0 Å². The molecular formula is C11H21N3. The number of nitrogens with zero attached hydrogens (tertiary/aromatic N) is 2. The lowest BCUT2D eigenvalue weighted by atomic mass is 9.99. The summed E-state index contributed by atoms with van der Waals surface area (Å²) in [7, 11) is 1.97. The second-order valence-corrected chi connectivity index (χ2v) is 3.81. The summed E-state index contributed by atoms with van der Waals surface area (Å²) in [6, 6.07) is 0. The average Bonchev–Trinajstić information content (AvgIpc) is 2.58. The second-order valence-electron chi connectivity index (χ2n) is 3.81. The molecule has 0 aliphatic heterocycles. The molecule has 1 heterocycles. The van der Waals surface area contributed by atoms with E-state index < -0.39 is 0 Å². The summed E-state index contributed by atoms with van der Waals surface area (Å²) in [5.74, 6) is 0.735. The predicted octanol–water partition coefficient (Wildman–Crippen LogP) is 1.60. The minimum atomic E-state index is 0.735. The molecule has 3 nitrogen and oxygen atoms in total. The highest BCUT2D eigenvalue weighted by molar-refractivity contribution is 5.04. The van der Waals surface area contributed by atoms with Crippen molar-refractivity contribution in [3.05, 3.63) is 18.0 Å². The fourth-order valence-electron chi connectivity index (χ4n) is 1.62. The van der Waals surface area contributed by atoms with Crippen molar-refractivity contribution < 1.29 is 0 Å². The van der Waals surface area contributed by atoms with Crippen LogP contribution in [0, 0.1) is 5.92 Å². The van der Waals surface area contributed by atoms with Gasteiger partial charge >= 0.3 is 0 Å². The van der Waals surface area contributed by atoms with Crippen LogP contribution in [0.4, 0.5) is 0 Å². The standard InChI is InChI=1S/C11H21N3/c1-4-10(7-12-5-2)6-11-8-13-14(3)9-11/h8-10,12H,4-7H2,1-3H3. The molecule has 0 saturated carbocycles. The monoisotopic (exact) mass is 195 g/mol. The maximum atomic E-state index is 4.18. The van der Waals surface area contributed by atoms with Crippen molar-refractivity contribution in [2.45, 2.75) is 26.7 Å². The Balaban J connectivity index is 2.40. The first-order valence-electron chi connectivity index (χ1n) is 5.44. The van der Waals surface area contributed by atoms with Gasteiger partial charge in [0.2, 0.25) is 0 Å². The Hall–Kier alpha value is -0.830. The molecule has 0 saturated heterocycles. The van der Waals surface area contributed by atoms with E-state index in [2.05, 4.69) is 30.5 Å². The van der Waals surface area contributed by atoms with Gasteiger partial charge in [-0.3, -0.25) is 4.68 Å². The molecule has 0 bridgehead atoms. The van der Waals surface area contributed by atoms with Crippen molar-refractivity contribution in [1.29, 1.82) is 0 Å². The summed E-state index contributed by atoms with van der Waals surface area (Å²) in [6.45, 7) is 6.57. The Bertz CT molecular complexity index is 255. The van der Waals surface area contributed by atoms with Gasteiger partial charge in [-0.15, -0.1) is 0 Å². The van der Waals surface area contributed by atoms with Gasteiger partial charge in [-0.1, -0.05) is 20.3 Å². The molecule has 1 rings (SSSR count). The van der Waals surface area contributed by atoms with Crippen molar-refractivity contribution >= 4 is 0 Å². The van der Waals surface area contributed by atoms with E-state index in [0.717, 1.165) is 25.4 Å². The number of hydrogen-bond acceptors (Lipinski definition) is 2. The number of hydrogen-bond donors (Lipinski definition) is 1. The van der Waals surface area contributed by atoms with Gasteiger partial charge in [-0.2, -0.15) is 5.10 Å². The lowest BCUT2D eigenvalue weighted by Gasteiger charge is -2.13. The molecule has 0 aliphatic carbocycles. The molecule has 1 aromatic rings. The van der Waals surface area contributed by atoms with Gasteiger partial charge in [0.25, 0.3) is 0 Å². The molecule has 0 fully saturated rings. The van der Waals surface area contributed by atoms with Crippen LogP contribution in [0.15, 0.2) is 12.4 Å². The summed E-state index contributed by atoms with van der Waals surface area (Å²) in [5, 5.41) is 7.58. The summed E-state index contributed by atoms with van der Waals surface area (Å²) >= 11 is 0. The molecule has 1 aromatic heterocycles. The summed E-state index contributed by atoms with van der Waals surface area (Å²) < 4.78 is 1.87. The SMILES string of the molecule is CCNCC(CC)Cc1cnn(C)c1. The van der Waals surface area contributed by atoms with E-state index in [-0.39, 0.29) is 0 Å². The Morgan fingerprint density at radius 3 is 2.79 bits per heavy atom. The quantitative estimate of drug-likeness (QED) is 0.747. The van der Waals surface area contributed by atoms with Gasteiger partial charge in [-0.05, 0) is 31.0 Å². The third-order valence-electron chi connectivity index (χ3n) is 2.54. The third-order valence-corrected chi connectivity index (χ3v) is 2.54. The first-order valence-corrected chi connectivity index (χ1v) is 5.44. The molecule has 0 aromatic carbocycles. The Kier molecular flexibility index (Phi) is 4.66.